The fourth-order valence-corrected chi connectivity index (χ4v) is 3.98. The van der Waals surface area contributed by atoms with Gasteiger partial charge in [-0.3, -0.25) is 19.7 Å². The van der Waals surface area contributed by atoms with Crippen molar-refractivity contribution in [1.82, 2.24) is 0 Å². The Kier molecular flexibility index (Phi) is 6.55. The number of hydrogen-bond acceptors (Lipinski definition) is 5. The van der Waals surface area contributed by atoms with Gasteiger partial charge in [0.15, 0.2) is 0 Å². The molecule has 0 bridgehead atoms. The molecular weight excluding hydrogens is 444 g/mol. The summed E-state index contributed by atoms with van der Waals surface area (Å²) in [6, 6.07) is 17.8. The van der Waals surface area contributed by atoms with Crippen LogP contribution >= 0.6 is 11.6 Å². The molecule has 3 aromatic rings. The van der Waals surface area contributed by atoms with Gasteiger partial charge in [-0.05, 0) is 55.3 Å². The first-order valence-electron chi connectivity index (χ1n) is 10.4. The number of anilines is 3. The van der Waals surface area contributed by atoms with Gasteiger partial charge in [0.2, 0.25) is 0 Å². The van der Waals surface area contributed by atoms with Crippen LogP contribution in [0.25, 0.3) is 0 Å². The molecule has 2 N–H and O–H groups in total. The summed E-state index contributed by atoms with van der Waals surface area (Å²) < 4.78 is 0. The van der Waals surface area contributed by atoms with Gasteiger partial charge in [-0.15, -0.1) is 0 Å². The summed E-state index contributed by atoms with van der Waals surface area (Å²) in [4.78, 5) is 38.3. The van der Waals surface area contributed by atoms with Gasteiger partial charge < -0.3 is 15.5 Å². The van der Waals surface area contributed by atoms with E-state index in [2.05, 4.69) is 10.6 Å². The first kappa shape index (κ1) is 22.3. The van der Waals surface area contributed by atoms with E-state index in [4.69, 9.17) is 11.6 Å². The smallest absolute Gasteiger partial charge is 0.293 e. The minimum atomic E-state index is -0.486. The average Bonchev–Trinajstić information content (AvgIpc) is 3.34. The van der Waals surface area contributed by atoms with E-state index in [-0.39, 0.29) is 17.2 Å². The monoisotopic (exact) mass is 464 g/mol. The number of nitro groups is 1. The van der Waals surface area contributed by atoms with E-state index in [1.807, 2.05) is 4.90 Å². The van der Waals surface area contributed by atoms with Crippen LogP contribution < -0.4 is 15.5 Å². The molecule has 1 saturated heterocycles. The highest BCUT2D eigenvalue weighted by atomic mass is 35.5. The second-order valence-electron chi connectivity index (χ2n) is 7.62. The second kappa shape index (κ2) is 9.70. The van der Waals surface area contributed by atoms with Gasteiger partial charge in [0.1, 0.15) is 5.69 Å². The third-order valence-corrected chi connectivity index (χ3v) is 5.71. The van der Waals surface area contributed by atoms with E-state index < -0.39 is 10.8 Å². The highest BCUT2D eigenvalue weighted by Gasteiger charge is 2.24. The number of carbonyl (C=O) groups is 2. The molecule has 168 valence electrons. The highest BCUT2D eigenvalue weighted by Crippen LogP contribution is 2.32. The molecule has 0 radical (unpaired) electrons. The summed E-state index contributed by atoms with van der Waals surface area (Å²) in [5.74, 6) is -0.863. The van der Waals surface area contributed by atoms with Crippen molar-refractivity contribution in [2.45, 2.75) is 12.8 Å². The summed E-state index contributed by atoms with van der Waals surface area (Å²) in [5, 5.41) is 17.4. The molecule has 1 fully saturated rings. The van der Waals surface area contributed by atoms with Crippen molar-refractivity contribution in [2.24, 2.45) is 0 Å². The maximum absolute atomic E-state index is 12.8. The van der Waals surface area contributed by atoms with E-state index in [9.17, 15) is 19.7 Å². The van der Waals surface area contributed by atoms with Crippen molar-refractivity contribution in [3.63, 3.8) is 0 Å². The molecule has 9 heteroatoms. The minimum absolute atomic E-state index is 0.0923. The molecule has 0 atom stereocenters. The SMILES string of the molecule is O=C(Nc1cccc(NC(=O)c2ccccc2Cl)c1)c1ccc(N2CCCC2)c([N+](=O)[O-])c1. The summed E-state index contributed by atoms with van der Waals surface area (Å²) in [6.45, 7) is 1.53. The van der Waals surface area contributed by atoms with Crippen molar-refractivity contribution in [1.29, 1.82) is 0 Å². The molecule has 33 heavy (non-hydrogen) atoms. The number of amides is 2. The molecule has 2 amide bonds. The van der Waals surface area contributed by atoms with Gasteiger partial charge in [0.05, 0.1) is 15.5 Å². The first-order chi connectivity index (χ1) is 15.9. The quantitative estimate of drug-likeness (QED) is 0.378. The zero-order valence-corrected chi connectivity index (χ0v) is 18.3. The Morgan fingerprint density at radius 2 is 1.55 bits per heavy atom. The van der Waals surface area contributed by atoms with Crippen LogP contribution in [0.4, 0.5) is 22.7 Å². The van der Waals surface area contributed by atoms with Crippen LogP contribution in [0.2, 0.25) is 5.02 Å². The summed E-state index contributed by atoms with van der Waals surface area (Å²) >= 11 is 6.07. The molecule has 0 spiro atoms. The number of nitrogens with one attached hydrogen (secondary N) is 2. The lowest BCUT2D eigenvalue weighted by Gasteiger charge is -2.17. The number of nitrogens with zero attached hydrogens (tertiary/aromatic N) is 2. The Labute approximate surface area is 195 Å². The first-order valence-corrected chi connectivity index (χ1v) is 10.8. The van der Waals surface area contributed by atoms with Crippen LogP contribution in [0.1, 0.15) is 33.6 Å². The van der Waals surface area contributed by atoms with Crippen molar-refractivity contribution in [3.05, 3.63) is 93.0 Å². The van der Waals surface area contributed by atoms with Crippen LogP contribution in [-0.2, 0) is 0 Å². The van der Waals surface area contributed by atoms with Crippen LogP contribution in [0.15, 0.2) is 66.7 Å². The van der Waals surface area contributed by atoms with E-state index >= 15 is 0 Å². The third-order valence-electron chi connectivity index (χ3n) is 5.38. The highest BCUT2D eigenvalue weighted by molar-refractivity contribution is 6.34. The molecule has 8 nitrogen and oxygen atoms in total. The lowest BCUT2D eigenvalue weighted by atomic mass is 10.1. The predicted octanol–water partition coefficient (Wildman–Crippen LogP) is 5.35. The number of rotatable bonds is 6. The van der Waals surface area contributed by atoms with Crippen molar-refractivity contribution in [2.75, 3.05) is 28.6 Å². The summed E-state index contributed by atoms with van der Waals surface area (Å²) in [5.41, 5.74) is 1.84. The standard InChI is InChI=1S/C24H21ClN4O4/c25-20-9-2-1-8-19(20)24(31)27-18-7-5-6-17(15-18)26-23(30)16-10-11-21(22(14-16)29(32)33)28-12-3-4-13-28/h1-2,5-11,14-15H,3-4,12-13H2,(H,26,30)(H,27,31). The molecule has 4 rings (SSSR count). The third kappa shape index (κ3) is 5.12. The number of nitro benzene ring substituents is 1. The molecule has 3 aromatic carbocycles. The van der Waals surface area contributed by atoms with Crippen molar-refractivity contribution >= 4 is 46.2 Å². The molecule has 0 saturated carbocycles. The van der Waals surface area contributed by atoms with Crippen molar-refractivity contribution < 1.29 is 14.5 Å². The fourth-order valence-electron chi connectivity index (χ4n) is 3.76. The van der Waals surface area contributed by atoms with Gasteiger partial charge in [-0.2, -0.15) is 0 Å². The van der Waals surface area contributed by atoms with E-state index in [0.717, 1.165) is 25.9 Å². The van der Waals surface area contributed by atoms with E-state index in [0.29, 0.717) is 27.6 Å². The van der Waals surface area contributed by atoms with E-state index in [1.54, 1.807) is 60.7 Å². The number of hydrogen-bond donors (Lipinski definition) is 2. The summed E-state index contributed by atoms with van der Waals surface area (Å²) in [7, 11) is 0. The Morgan fingerprint density at radius 1 is 0.879 bits per heavy atom. The van der Waals surface area contributed by atoms with Gasteiger partial charge in [0.25, 0.3) is 17.5 Å². The van der Waals surface area contributed by atoms with Gasteiger partial charge in [0, 0.05) is 36.1 Å². The number of halogens is 1. The maximum Gasteiger partial charge on any atom is 0.293 e. The number of carbonyl (C=O) groups excluding carboxylic acids is 2. The molecule has 1 heterocycles. The van der Waals surface area contributed by atoms with Gasteiger partial charge in [-0.1, -0.05) is 29.8 Å². The van der Waals surface area contributed by atoms with Crippen LogP contribution in [-0.4, -0.2) is 29.8 Å². The van der Waals surface area contributed by atoms with Crippen molar-refractivity contribution in [3.8, 4) is 0 Å². The lowest BCUT2D eigenvalue weighted by Crippen LogP contribution is -2.20. The van der Waals surface area contributed by atoms with Gasteiger partial charge >= 0.3 is 0 Å². The average molecular weight is 465 g/mol. The van der Waals surface area contributed by atoms with Crippen LogP contribution in [0.5, 0.6) is 0 Å². The number of benzene rings is 3. The molecule has 0 unspecified atom stereocenters. The Bertz CT molecular complexity index is 1220. The maximum atomic E-state index is 12.8. The van der Waals surface area contributed by atoms with Crippen LogP contribution in [0, 0.1) is 10.1 Å². The normalized spacial score (nSPS) is 12.9. The molecular formula is C24H21ClN4O4. The molecule has 0 aromatic heterocycles. The Balaban J connectivity index is 1.50. The molecule has 1 aliphatic heterocycles. The zero-order chi connectivity index (χ0) is 23.4. The van der Waals surface area contributed by atoms with E-state index in [1.165, 1.54) is 6.07 Å². The largest absolute Gasteiger partial charge is 0.366 e. The minimum Gasteiger partial charge on any atom is -0.366 e. The Hall–Kier alpha value is -3.91. The zero-order valence-electron chi connectivity index (χ0n) is 17.6. The second-order valence-corrected chi connectivity index (χ2v) is 8.03. The van der Waals surface area contributed by atoms with Gasteiger partial charge in [-0.25, -0.2) is 0 Å². The Morgan fingerprint density at radius 3 is 2.21 bits per heavy atom. The fraction of sp³-hybridized carbons (Fsp3) is 0.167. The molecule has 0 aliphatic carbocycles. The predicted molar refractivity (Wildman–Crippen MR) is 128 cm³/mol. The molecule has 1 aliphatic rings. The van der Waals surface area contributed by atoms with Crippen LogP contribution in [0.3, 0.4) is 0 Å². The topological polar surface area (TPSA) is 105 Å². The summed E-state index contributed by atoms with van der Waals surface area (Å²) in [6.07, 6.45) is 1.98. The lowest BCUT2D eigenvalue weighted by molar-refractivity contribution is -0.384.